The summed E-state index contributed by atoms with van der Waals surface area (Å²) in [6.45, 7) is 0. The quantitative estimate of drug-likeness (QED) is 0.180. The van der Waals surface area contributed by atoms with E-state index in [1.165, 1.54) is 10.8 Å². The van der Waals surface area contributed by atoms with Crippen molar-refractivity contribution < 1.29 is 13.9 Å². The molecule has 0 saturated carbocycles. The predicted octanol–water partition coefficient (Wildman–Crippen LogP) is 15.0. The van der Waals surface area contributed by atoms with E-state index in [0.29, 0.717) is 23.0 Å². The van der Waals surface area contributed by atoms with Crippen LogP contribution in [0, 0.1) is 0 Å². The highest BCUT2D eigenvalue weighted by Crippen LogP contribution is 2.52. The second-order valence-corrected chi connectivity index (χ2v) is 15.2. The van der Waals surface area contributed by atoms with Gasteiger partial charge < -0.3 is 23.0 Å². The number of benzene rings is 9. The standard InChI is InChI=1S/C54H32N2O3/c1-2-12-33(13-3-1)35-14-10-15-37(32-35)56-45-30-28-41-39-16-4-6-20-44(39)55(51(41)50(45)43-29-31-49-54(52(43)56)59-48-23-9-8-22-47(48)57-49)36-26-24-34(25-27-36)38-18-11-19-42-40-17-5-7-21-46(40)58-53(38)42/h1-32H. The van der Waals surface area contributed by atoms with Crippen LogP contribution in [0.4, 0.5) is 0 Å². The minimum absolute atomic E-state index is 0.686. The first-order chi connectivity index (χ1) is 29.3. The van der Waals surface area contributed by atoms with Crippen LogP contribution in [0.3, 0.4) is 0 Å². The lowest BCUT2D eigenvalue weighted by Crippen LogP contribution is -2.02. The second kappa shape index (κ2) is 12.2. The summed E-state index contributed by atoms with van der Waals surface area (Å²) in [5.41, 5.74) is 12.7. The smallest absolute Gasteiger partial charge is 0.194 e. The van der Waals surface area contributed by atoms with E-state index in [0.717, 1.165) is 88.4 Å². The van der Waals surface area contributed by atoms with Gasteiger partial charge in [0, 0.05) is 49.3 Å². The lowest BCUT2D eigenvalue weighted by Gasteiger charge is -2.22. The van der Waals surface area contributed by atoms with E-state index in [4.69, 9.17) is 13.9 Å². The molecule has 13 rings (SSSR count). The molecule has 9 aromatic carbocycles. The van der Waals surface area contributed by atoms with Crippen LogP contribution in [-0.4, -0.2) is 9.13 Å². The van der Waals surface area contributed by atoms with Crippen molar-refractivity contribution in [3.8, 4) is 56.6 Å². The van der Waals surface area contributed by atoms with Crippen molar-refractivity contribution in [3.05, 3.63) is 194 Å². The van der Waals surface area contributed by atoms with Gasteiger partial charge in [-0.1, -0.05) is 127 Å². The van der Waals surface area contributed by atoms with E-state index < -0.39 is 0 Å². The van der Waals surface area contributed by atoms with Gasteiger partial charge in [0.2, 0.25) is 0 Å². The summed E-state index contributed by atoms with van der Waals surface area (Å²) in [6, 6.07) is 68.3. The highest BCUT2D eigenvalue weighted by Gasteiger charge is 2.28. The highest BCUT2D eigenvalue weighted by atomic mass is 16.6. The van der Waals surface area contributed by atoms with Crippen molar-refractivity contribution >= 4 is 65.6 Å². The van der Waals surface area contributed by atoms with Crippen molar-refractivity contribution in [2.24, 2.45) is 0 Å². The van der Waals surface area contributed by atoms with Gasteiger partial charge in [-0.05, 0) is 83.4 Å². The maximum Gasteiger partial charge on any atom is 0.194 e. The Labute approximate surface area is 338 Å². The predicted molar refractivity (Wildman–Crippen MR) is 240 cm³/mol. The van der Waals surface area contributed by atoms with Crippen LogP contribution in [0.1, 0.15) is 0 Å². The summed E-state index contributed by atoms with van der Waals surface area (Å²) >= 11 is 0. The molecule has 0 unspecified atom stereocenters. The molecule has 3 aromatic heterocycles. The molecule has 0 N–H and O–H groups in total. The summed E-state index contributed by atoms with van der Waals surface area (Å²) < 4.78 is 24.6. The molecular weight excluding hydrogens is 725 g/mol. The summed E-state index contributed by atoms with van der Waals surface area (Å²) in [4.78, 5) is 0. The SMILES string of the molecule is c1ccc(-c2cccc(-n3c4ccc5c6ccccc6n(-c6ccc(-c7cccc8c7oc7ccccc78)cc6)c5c4c4ccc5c(c43)Oc3ccccc3O5)c2)cc1. The number of hydrogen-bond donors (Lipinski definition) is 0. The summed E-state index contributed by atoms with van der Waals surface area (Å²) in [5.74, 6) is 2.78. The Bertz CT molecular complexity index is 3670. The Kier molecular flexibility index (Phi) is 6.66. The van der Waals surface area contributed by atoms with Crippen LogP contribution in [0.5, 0.6) is 23.0 Å². The monoisotopic (exact) mass is 756 g/mol. The van der Waals surface area contributed by atoms with Gasteiger partial charge in [-0.2, -0.15) is 0 Å². The summed E-state index contributed by atoms with van der Waals surface area (Å²) in [5, 5.41) is 6.84. The number of hydrogen-bond acceptors (Lipinski definition) is 3. The van der Waals surface area contributed by atoms with Crippen LogP contribution < -0.4 is 9.47 Å². The van der Waals surface area contributed by atoms with Crippen LogP contribution >= 0.6 is 0 Å². The molecule has 0 fully saturated rings. The first-order valence-electron chi connectivity index (χ1n) is 19.9. The van der Waals surface area contributed by atoms with E-state index in [2.05, 4.69) is 167 Å². The first-order valence-corrected chi connectivity index (χ1v) is 19.9. The zero-order valence-corrected chi connectivity index (χ0v) is 31.6. The van der Waals surface area contributed by atoms with Gasteiger partial charge >= 0.3 is 0 Å². The average Bonchev–Trinajstić information content (AvgIpc) is 3.97. The van der Waals surface area contributed by atoms with Crippen molar-refractivity contribution in [1.82, 2.24) is 9.13 Å². The van der Waals surface area contributed by atoms with Gasteiger partial charge in [0.25, 0.3) is 0 Å². The average molecular weight is 757 g/mol. The number of fused-ring (bicyclic) bond motifs is 13. The molecule has 5 heteroatoms. The Morgan fingerprint density at radius 2 is 1.05 bits per heavy atom. The Hall–Kier alpha value is -8.02. The van der Waals surface area contributed by atoms with Gasteiger partial charge in [0.15, 0.2) is 23.0 Å². The van der Waals surface area contributed by atoms with Crippen LogP contribution in [0.25, 0.3) is 99.2 Å². The van der Waals surface area contributed by atoms with E-state index in [1.807, 2.05) is 36.4 Å². The van der Waals surface area contributed by atoms with Crippen LogP contribution in [0.15, 0.2) is 199 Å². The number of rotatable bonds is 4. The third-order valence-electron chi connectivity index (χ3n) is 12.0. The van der Waals surface area contributed by atoms with Gasteiger partial charge in [0.05, 0.1) is 16.6 Å². The maximum atomic E-state index is 6.83. The molecule has 0 atom stereocenters. The molecule has 1 aliphatic heterocycles. The zero-order valence-electron chi connectivity index (χ0n) is 31.6. The van der Waals surface area contributed by atoms with Gasteiger partial charge in [0.1, 0.15) is 16.7 Å². The summed E-state index contributed by atoms with van der Waals surface area (Å²) in [6.07, 6.45) is 0. The topological polar surface area (TPSA) is 41.5 Å². The summed E-state index contributed by atoms with van der Waals surface area (Å²) in [7, 11) is 0. The van der Waals surface area contributed by atoms with E-state index in [9.17, 15) is 0 Å². The molecule has 0 bridgehead atoms. The molecule has 4 heterocycles. The fraction of sp³-hybridized carbons (Fsp3) is 0. The maximum absolute atomic E-state index is 6.83. The lowest BCUT2D eigenvalue weighted by molar-refractivity contribution is 0.362. The second-order valence-electron chi connectivity index (χ2n) is 15.2. The number of aromatic nitrogens is 2. The molecule has 0 aliphatic carbocycles. The van der Waals surface area contributed by atoms with Crippen molar-refractivity contribution in [2.75, 3.05) is 0 Å². The Balaban J connectivity index is 1.09. The van der Waals surface area contributed by atoms with Crippen molar-refractivity contribution in [3.63, 3.8) is 0 Å². The van der Waals surface area contributed by atoms with E-state index in [-0.39, 0.29) is 0 Å². The third-order valence-corrected chi connectivity index (χ3v) is 12.0. The minimum Gasteiger partial charge on any atom is -0.455 e. The van der Waals surface area contributed by atoms with E-state index >= 15 is 0 Å². The molecule has 276 valence electrons. The molecule has 0 spiro atoms. The van der Waals surface area contributed by atoms with Gasteiger partial charge in [-0.3, -0.25) is 0 Å². The Morgan fingerprint density at radius 3 is 1.93 bits per heavy atom. The Morgan fingerprint density at radius 1 is 0.356 bits per heavy atom. The molecule has 1 aliphatic rings. The van der Waals surface area contributed by atoms with Crippen LogP contribution in [-0.2, 0) is 0 Å². The number of para-hydroxylation sites is 5. The first kappa shape index (κ1) is 32.1. The van der Waals surface area contributed by atoms with E-state index in [1.54, 1.807) is 0 Å². The lowest BCUT2D eigenvalue weighted by atomic mass is 10.0. The third kappa shape index (κ3) is 4.67. The minimum atomic E-state index is 0.686. The van der Waals surface area contributed by atoms with Gasteiger partial charge in [-0.25, -0.2) is 0 Å². The number of furan rings is 1. The normalized spacial score (nSPS) is 12.3. The van der Waals surface area contributed by atoms with Gasteiger partial charge in [-0.15, -0.1) is 0 Å². The molecular formula is C54H32N2O3. The largest absolute Gasteiger partial charge is 0.455 e. The fourth-order valence-corrected chi connectivity index (χ4v) is 9.38. The van der Waals surface area contributed by atoms with Crippen molar-refractivity contribution in [1.29, 1.82) is 0 Å². The molecule has 0 amide bonds. The number of nitrogens with zero attached hydrogens (tertiary/aromatic N) is 2. The highest BCUT2D eigenvalue weighted by molar-refractivity contribution is 6.27. The molecule has 59 heavy (non-hydrogen) atoms. The molecule has 0 saturated heterocycles. The zero-order chi connectivity index (χ0) is 38.6. The molecule has 12 aromatic rings. The van der Waals surface area contributed by atoms with Crippen molar-refractivity contribution in [2.45, 2.75) is 0 Å². The molecule has 0 radical (unpaired) electrons. The number of ether oxygens (including phenoxy) is 2. The van der Waals surface area contributed by atoms with Crippen LogP contribution in [0.2, 0.25) is 0 Å². The fourth-order valence-electron chi connectivity index (χ4n) is 9.38. The molecule has 5 nitrogen and oxygen atoms in total.